The summed E-state index contributed by atoms with van der Waals surface area (Å²) in [5.74, 6) is 0. The highest BCUT2D eigenvalue weighted by atomic mass is 32.2. The lowest BCUT2D eigenvalue weighted by Crippen LogP contribution is -2.37. The van der Waals surface area contributed by atoms with Gasteiger partial charge in [0.25, 0.3) is 0 Å². The molecule has 0 heterocycles. The summed E-state index contributed by atoms with van der Waals surface area (Å²) in [6.07, 6.45) is 0. The monoisotopic (exact) mass is 180 g/mol. The first kappa shape index (κ1) is 10.9. The zero-order valence-electron chi connectivity index (χ0n) is 7.22. The molecule has 0 fully saturated rings. The van der Waals surface area contributed by atoms with Crippen molar-refractivity contribution in [2.75, 3.05) is 20.1 Å². The van der Waals surface area contributed by atoms with Gasteiger partial charge >= 0.3 is 0 Å². The number of nitrogens with one attached hydrogen (secondary N) is 2. The Morgan fingerprint density at radius 3 is 2.36 bits per heavy atom. The highest BCUT2D eigenvalue weighted by molar-refractivity contribution is 7.90. The van der Waals surface area contributed by atoms with E-state index in [-0.39, 0.29) is 5.25 Å². The topological polar surface area (TPSA) is 58.2 Å². The van der Waals surface area contributed by atoms with Gasteiger partial charge in [0.2, 0.25) is 10.0 Å². The molecule has 0 spiro atoms. The number of hydrogen-bond acceptors (Lipinski definition) is 3. The van der Waals surface area contributed by atoms with Gasteiger partial charge in [-0.15, -0.1) is 0 Å². The summed E-state index contributed by atoms with van der Waals surface area (Å²) >= 11 is 0. The molecule has 0 aliphatic heterocycles. The Labute approximate surface area is 68.4 Å². The minimum atomic E-state index is -3.08. The third-order valence-corrected chi connectivity index (χ3v) is 3.29. The zero-order chi connectivity index (χ0) is 8.91. The average molecular weight is 180 g/mol. The molecule has 1 atom stereocenters. The predicted octanol–water partition coefficient (Wildman–Crippen LogP) is -0.466. The van der Waals surface area contributed by atoms with Gasteiger partial charge in [-0.1, -0.05) is 6.92 Å². The zero-order valence-corrected chi connectivity index (χ0v) is 8.03. The van der Waals surface area contributed by atoms with Gasteiger partial charge in [0.1, 0.15) is 0 Å². The quantitative estimate of drug-likeness (QED) is 0.601. The lowest BCUT2D eigenvalue weighted by Gasteiger charge is -2.11. The maximum atomic E-state index is 11.1. The normalized spacial score (nSPS) is 14.8. The van der Waals surface area contributed by atoms with Crippen molar-refractivity contribution in [2.24, 2.45) is 0 Å². The van der Waals surface area contributed by atoms with Crippen LogP contribution in [0, 0.1) is 0 Å². The second-order valence-corrected chi connectivity index (χ2v) is 4.67. The van der Waals surface area contributed by atoms with E-state index in [9.17, 15) is 8.42 Å². The third-order valence-electron chi connectivity index (χ3n) is 1.50. The second-order valence-electron chi connectivity index (χ2n) is 2.37. The molecule has 0 bridgehead atoms. The Hall–Kier alpha value is -0.130. The van der Waals surface area contributed by atoms with Crippen LogP contribution in [0.2, 0.25) is 0 Å². The van der Waals surface area contributed by atoms with Crippen LogP contribution in [0.3, 0.4) is 0 Å². The van der Waals surface area contributed by atoms with Gasteiger partial charge in [-0.05, 0) is 20.5 Å². The predicted molar refractivity (Wildman–Crippen MR) is 46.0 cm³/mol. The summed E-state index contributed by atoms with van der Waals surface area (Å²) in [5, 5.41) is 2.60. The SMILES string of the molecule is CCNCC(C)S(=O)(=O)NC. The molecule has 0 aromatic carbocycles. The standard InChI is InChI=1S/C6H16N2O2S/c1-4-8-5-6(2)11(9,10)7-3/h6-8H,4-5H2,1-3H3. The average Bonchev–Trinajstić information content (AvgIpc) is 2.00. The van der Waals surface area contributed by atoms with Crippen LogP contribution in [-0.4, -0.2) is 33.8 Å². The molecule has 0 radical (unpaired) electrons. The van der Waals surface area contributed by atoms with Crippen molar-refractivity contribution in [3.8, 4) is 0 Å². The molecular weight excluding hydrogens is 164 g/mol. The van der Waals surface area contributed by atoms with E-state index < -0.39 is 10.0 Å². The highest BCUT2D eigenvalue weighted by Gasteiger charge is 2.16. The fraction of sp³-hybridized carbons (Fsp3) is 1.00. The molecule has 0 saturated heterocycles. The summed E-state index contributed by atoms with van der Waals surface area (Å²) in [4.78, 5) is 0. The highest BCUT2D eigenvalue weighted by Crippen LogP contribution is 1.94. The van der Waals surface area contributed by atoms with Gasteiger partial charge in [0.05, 0.1) is 5.25 Å². The molecule has 0 aliphatic rings. The van der Waals surface area contributed by atoms with Crippen LogP contribution >= 0.6 is 0 Å². The van der Waals surface area contributed by atoms with Crippen LogP contribution in [-0.2, 0) is 10.0 Å². The van der Waals surface area contributed by atoms with Crippen molar-refractivity contribution >= 4 is 10.0 Å². The van der Waals surface area contributed by atoms with Gasteiger partial charge in [0.15, 0.2) is 0 Å². The Bertz CT molecular complexity index is 189. The van der Waals surface area contributed by atoms with Crippen LogP contribution in [0.5, 0.6) is 0 Å². The van der Waals surface area contributed by atoms with Crippen LogP contribution < -0.4 is 10.0 Å². The van der Waals surface area contributed by atoms with E-state index in [0.717, 1.165) is 6.54 Å². The van der Waals surface area contributed by atoms with E-state index in [0.29, 0.717) is 6.54 Å². The van der Waals surface area contributed by atoms with Gasteiger partial charge < -0.3 is 5.32 Å². The second kappa shape index (κ2) is 4.69. The Morgan fingerprint density at radius 2 is 2.00 bits per heavy atom. The molecule has 11 heavy (non-hydrogen) atoms. The fourth-order valence-electron chi connectivity index (χ4n) is 0.658. The first-order chi connectivity index (χ1) is 5.04. The summed E-state index contributed by atoms with van der Waals surface area (Å²) < 4.78 is 24.4. The van der Waals surface area contributed by atoms with Gasteiger partial charge in [-0.25, -0.2) is 13.1 Å². The number of hydrogen-bond donors (Lipinski definition) is 2. The van der Waals surface area contributed by atoms with Crippen molar-refractivity contribution in [3.63, 3.8) is 0 Å². The summed E-state index contributed by atoms with van der Waals surface area (Å²) in [7, 11) is -1.65. The van der Waals surface area contributed by atoms with Crippen molar-refractivity contribution < 1.29 is 8.42 Å². The van der Waals surface area contributed by atoms with Crippen molar-refractivity contribution in [1.29, 1.82) is 0 Å². The molecule has 2 N–H and O–H groups in total. The lowest BCUT2D eigenvalue weighted by molar-refractivity contribution is 0.566. The molecule has 68 valence electrons. The van der Waals surface area contributed by atoms with Crippen molar-refractivity contribution in [3.05, 3.63) is 0 Å². The molecule has 0 aliphatic carbocycles. The van der Waals surface area contributed by atoms with Crippen LogP contribution in [0.25, 0.3) is 0 Å². The van der Waals surface area contributed by atoms with E-state index in [1.807, 2.05) is 6.92 Å². The maximum absolute atomic E-state index is 11.1. The number of sulfonamides is 1. The summed E-state index contributed by atoms with van der Waals surface area (Å²) in [6.45, 7) is 4.91. The van der Waals surface area contributed by atoms with E-state index >= 15 is 0 Å². The lowest BCUT2D eigenvalue weighted by atomic mass is 10.5. The van der Waals surface area contributed by atoms with E-state index in [1.165, 1.54) is 7.05 Å². The van der Waals surface area contributed by atoms with Crippen LogP contribution in [0.15, 0.2) is 0 Å². The molecule has 0 aromatic rings. The first-order valence-corrected chi connectivity index (χ1v) is 5.22. The minimum absolute atomic E-state index is 0.368. The molecule has 0 saturated carbocycles. The minimum Gasteiger partial charge on any atom is -0.316 e. The Balaban J connectivity index is 3.93. The fourth-order valence-corrected chi connectivity index (χ4v) is 1.40. The van der Waals surface area contributed by atoms with Crippen molar-refractivity contribution in [2.45, 2.75) is 19.1 Å². The molecule has 5 heteroatoms. The molecule has 1 unspecified atom stereocenters. The van der Waals surface area contributed by atoms with Crippen molar-refractivity contribution in [1.82, 2.24) is 10.0 Å². The van der Waals surface area contributed by atoms with Gasteiger partial charge in [0, 0.05) is 6.54 Å². The van der Waals surface area contributed by atoms with Crippen LogP contribution in [0.4, 0.5) is 0 Å². The first-order valence-electron chi connectivity index (χ1n) is 3.67. The molecule has 4 nitrogen and oxygen atoms in total. The molecule has 0 amide bonds. The Kier molecular flexibility index (Phi) is 4.63. The van der Waals surface area contributed by atoms with E-state index in [2.05, 4.69) is 10.0 Å². The van der Waals surface area contributed by atoms with E-state index in [4.69, 9.17) is 0 Å². The maximum Gasteiger partial charge on any atom is 0.215 e. The summed E-state index contributed by atoms with van der Waals surface area (Å²) in [5.41, 5.74) is 0. The van der Waals surface area contributed by atoms with Crippen LogP contribution in [0.1, 0.15) is 13.8 Å². The van der Waals surface area contributed by atoms with E-state index in [1.54, 1.807) is 6.92 Å². The molecule has 0 rings (SSSR count). The Morgan fingerprint density at radius 1 is 1.45 bits per heavy atom. The largest absolute Gasteiger partial charge is 0.316 e. The third kappa shape index (κ3) is 3.69. The molecular formula is C6H16N2O2S. The smallest absolute Gasteiger partial charge is 0.215 e. The van der Waals surface area contributed by atoms with Gasteiger partial charge in [-0.3, -0.25) is 0 Å². The van der Waals surface area contributed by atoms with Gasteiger partial charge in [-0.2, -0.15) is 0 Å². The summed E-state index contributed by atoms with van der Waals surface area (Å²) in [6, 6.07) is 0. The number of rotatable bonds is 5. The molecule has 0 aromatic heterocycles.